The largest absolute Gasteiger partial charge is 0.481 e. The van der Waals surface area contributed by atoms with E-state index in [0.717, 1.165) is 0 Å². The van der Waals surface area contributed by atoms with Gasteiger partial charge >= 0.3 is 17.9 Å². The molecule has 0 aromatic heterocycles. The highest BCUT2D eigenvalue weighted by atomic mass is 16.4. The Morgan fingerprint density at radius 2 is 1.67 bits per heavy atom. The van der Waals surface area contributed by atoms with Crippen molar-refractivity contribution in [3.63, 3.8) is 0 Å². The van der Waals surface area contributed by atoms with Crippen molar-refractivity contribution >= 4 is 17.9 Å². The number of hydrogen-bond acceptors (Lipinski definition) is 4. The second-order valence-electron chi connectivity index (χ2n) is 3.57. The first-order valence-electron chi connectivity index (χ1n) is 4.30. The van der Waals surface area contributed by atoms with E-state index in [2.05, 4.69) is 0 Å². The summed E-state index contributed by atoms with van der Waals surface area (Å²) in [4.78, 5) is 31.8. The van der Waals surface area contributed by atoms with E-state index in [4.69, 9.17) is 21.1 Å². The molecule has 0 aromatic rings. The average Bonchev–Trinajstić information content (AvgIpc) is 1.99. The Hall–Kier alpha value is -1.63. The first-order chi connectivity index (χ1) is 6.86. The van der Waals surface area contributed by atoms with Crippen LogP contribution in [0.4, 0.5) is 0 Å². The third-order valence-electron chi connectivity index (χ3n) is 2.77. The van der Waals surface area contributed by atoms with Crippen molar-refractivity contribution in [1.29, 1.82) is 0 Å². The SMILES string of the molecule is N[C@H](C(=O)O)[C@@H]1C[C@H](C(=O)O)[C@H]1C(=O)O. The molecule has 0 saturated heterocycles. The van der Waals surface area contributed by atoms with E-state index in [1.807, 2.05) is 0 Å². The Kier molecular flexibility index (Phi) is 2.94. The Labute approximate surface area is 84.5 Å². The molecule has 0 aliphatic heterocycles. The molecule has 0 radical (unpaired) electrons. The maximum absolute atomic E-state index is 10.7. The number of rotatable bonds is 4. The second-order valence-corrected chi connectivity index (χ2v) is 3.57. The summed E-state index contributed by atoms with van der Waals surface area (Å²) >= 11 is 0. The number of aliphatic carboxylic acids is 3. The van der Waals surface area contributed by atoms with Crippen LogP contribution >= 0.6 is 0 Å². The number of nitrogens with two attached hydrogens (primary N) is 1. The van der Waals surface area contributed by atoms with Crippen molar-refractivity contribution in [3.8, 4) is 0 Å². The normalized spacial score (nSPS) is 31.4. The van der Waals surface area contributed by atoms with Crippen LogP contribution < -0.4 is 5.73 Å². The molecule has 7 nitrogen and oxygen atoms in total. The summed E-state index contributed by atoms with van der Waals surface area (Å²) < 4.78 is 0. The van der Waals surface area contributed by atoms with E-state index in [0.29, 0.717) is 0 Å². The van der Waals surface area contributed by atoms with Gasteiger partial charge in [0.1, 0.15) is 6.04 Å². The van der Waals surface area contributed by atoms with E-state index in [-0.39, 0.29) is 6.42 Å². The van der Waals surface area contributed by atoms with Gasteiger partial charge in [-0.1, -0.05) is 0 Å². The minimum Gasteiger partial charge on any atom is -0.481 e. The summed E-state index contributed by atoms with van der Waals surface area (Å²) in [5, 5.41) is 26.0. The fourth-order valence-corrected chi connectivity index (χ4v) is 1.85. The quantitative estimate of drug-likeness (QED) is 0.464. The lowest BCUT2D eigenvalue weighted by atomic mass is 9.62. The molecule has 0 amide bonds. The van der Waals surface area contributed by atoms with Crippen LogP contribution in [0.5, 0.6) is 0 Å². The van der Waals surface area contributed by atoms with E-state index >= 15 is 0 Å². The summed E-state index contributed by atoms with van der Waals surface area (Å²) in [5.74, 6) is -6.88. The summed E-state index contributed by atoms with van der Waals surface area (Å²) in [5.41, 5.74) is 5.26. The Balaban J connectivity index is 2.76. The van der Waals surface area contributed by atoms with Crippen LogP contribution in [-0.2, 0) is 14.4 Å². The van der Waals surface area contributed by atoms with Crippen molar-refractivity contribution in [2.75, 3.05) is 0 Å². The lowest BCUT2D eigenvalue weighted by Gasteiger charge is -2.41. The van der Waals surface area contributed by atoms with Gasteiger partial charge in [-0.25, -0.2) is 0 Å². The molecular formula is C8H11NO6. The fourth-order valence-electron chi connectivity index (χ4n) is 1.85. The third-order valence-corrected chi connectivity index (χ3v) is 2.77. The van der Waals surface area contributed by atoms with E-state index in [1.165, 1.54) is 0 Å². The highest BCUT2D eigenvalue weighted by Crippen LogP contribution is 2.42. The van der Waals surface area contributed by atoms with Gasteiger partial charge in [-0.3, -0.25) is 14.4 Å². The molecule has 1 rings (SSSR count). The molecule has 0 aromatic carbocycles. The summed E-state index contributed by atoms with van der Waals surface area (Å²) in [6.45, 7) is 0. The lowest BCUT2D eigenvalue weighted by molar-refractivity contribution is -0.169. The lowest BCUT2D eigenvalue weighted by Crippen LogP contribution is -2.55. The molecular weight excluding hydrogens is 206 g/mol. The first kappa shape index (κ1) is 11.4. The Morgan fingerprint density at radius 1 is 1.13 bits per heavy atom. The van der Waals surface area contributed by atoms with Crippen molar-refractivity contribution in [2.45, 2.75) is 12.5 Å². The number of carbonyl (C=O) groups is 3. The van der Waals surface area contributed by atoms with Gasteiger partial charge < -0.3 is 21.1 Å². The maximum Gasteiger partial charge on any atom is 0.320 e. The second kappa shape index (κ2) is 3.85. The minimum absolute atomic E-state index is 0.000231. The summed E-state index contributed by atoms with van der Waals surface area (Å²) in [6, 6.07) is -1.32. The summed E-state index contributed by atoms with van der Waals surface area (Å²) in [7, 11) is 0. The first-order valence-corrected chi connectivity index (χ1v) is 4.30. The molecule has 1 aliphatic rings. The Bertz CT molecular complexity index is 314. The molecule has 0 heterocycles. The zero-order valence-corrected chi connectivity index (χ0v) is 7.66. The monoisotopic (exact) mass is 217 g/mol. The van der Waals surface area contributed by atoms with Crippen LogP contribution in [0, 0.1) is 17.8 Å². The minimum atomic E-state index is -1.32. The number of hydrogen-bond donors (Lipinski definition) is 4. The topological polar surface area (TPSA) is 138 Å². The molecule has 1 saturated carbocycles. The van der Waals surface area contributed by atoms with Crippen LogP contribution in [0.2, 0.25) is 0 Å². The van der Waals surface area contributed by atoms with Crippen LogP contribution in [0.1, 0.15) is 6.42 Å². The molecule has 84 valence electrons. The molecule has 4 atom stereocenters. The van der Waals surface area contributed by atoms with Crippen molar-refractivity contribution in [2.24, 2.45) is 23.5 Å². The van der Waals surface area contributed by atoms with E-state index in [9.17, 15) is 14.4 Å². The Morgan fingerprint density at radius 3 is 2.00 bits per heavy atom. The van der Waals surface area contributed by atoms with Gasteiger partial charge in [0.15, 0.2) is 0 Å². The van der Waals surface area contributed by atoms with Crippen LogP contribution in [-0.4, -0.2) is 39.3 Å². The molecule has 7 heteroatoms. The third kappa shape index (κ3) is 1.91. The van der Waals surface area contributed by atoms with Crippen molar-refractivity contribution in [3.05, 3.63) is 0 Å². The van der Waals surface area contributed by atoms with Gasteiger partial charge in [-0.05, 0) is 12.3 Å². The molecule has 5 N–H and O–H groups in total. The predicted molar refractivity (Wildman–Crippen MR) is 46.0 cm³/mol. The smallest absolute Gasteiger partial charge is 0.320 e. The average molecular weight is 217 g/mol. The van der Waals surface area contributed by atoms with Gasteiger partial charge in [0, 0.05) is 0 Å². The van der Waals surface area contributed by atoms with Gasteiger partial charge in [-0.15, -0.1) is 0 Å². The predicted octanol–water partition coefficient (Wildman–Crippen LogP) is -1.18. The molecule has 1 fully saturated rings. The maximum atomic E-state index is 10.7. The van der Waals surface area contributed by atoms with Crippen molar-refractivity contribution < 1.29 is 29.7 Å². The standard InChI is InChI=1S/C8H11NO6/c9-5(8(14)15)2-1-3(6(10)11)4(2)7(12)13/h2-5H,1,9H2,(H,10,11)(H,12,13)(H,14,15)/t2-,3+,4+,5+/m1/s1. The molecule has 0 spiro atoms. The highest BCUT2D eigenvalue weighted by molar-refractivity contribution is 5.84. The van der Waals surface area contributed by atoms with Gasteiger partial charge in [0.2, 0.25) is 0 Å². The van der Waals surface area contributed by atoms with Crippen LogP contribution in [0.25, 0.3) is 0 Å². The fraction of sp³-hybridized carbons (Fsp3) is 0.625. The van der Waals surface area contributed by atoms with E-state index < -0.39 is 41.7 Å². The summed E-state index contributed by atoms with van der Waals surface area (Å²) in [6.07, 6.45) is -0.000231. The molecule has 0 bridgehead atoms. The van der Waals surface area contributed by atoms with Crippen LogP contribution in [0.3, 0.4) is 0 Å². The zero-order valence-electron chi connectivity index (χ0n) is 7.66. The van der Waals surface area contributed by atoms with Crippen molar-refractivity contribution in [1.82, 2.24) is 0 Å². The van der Waals surface area contributed by atoms with Gasteiger partial charge in [-0.2, -0.15) is 0 Å². The number of carboxylic acid groups (broad SMARTS) is 3. The highest BCUT2D eigenvalue weighted by Gasteiger charge is 2.53. The molecule has 15 heavy (non-hydrogen) atoms. The number of carboxylic acids is 3. The zero-order chi connectivity index (χ0) is 11.7. The van der Waals surface area contributed by atoms with E-state index in [1.54, 1.807) is 0 Å². The molecule has 0 unspecified atom stereocenters. The molecule has 1 aliphatic carbocycles. The van der Waals surface area contributed by atoms with Crippen LogP contribution in [0.15, 0.2) is 0 Å². The van der Waals surface area contributed by atoms with Gasteiger partial charge in [0.05, 0.1) is 11.8 Å². The van der Waals surface area contributed by atoms with Gasteiger partial charge in [0.25, 0.3) is 0 Å².